The molecular formula is C34H26N4NaO16S4+. The maximum Gasteiger partial charge on any atom is 1.00 e. The Morgan fingerprint density at radius 1 is 0.441 bits per heavy atom. The molecule has 6 aromatic carbocycles. The Labute approximate surface area is 356 Å². The molecule has 0 saturated heterocycles. The van der Waals surface area contributed by atoms with Crippen LogP contribution in [0.5, 0.6) is 23.0 Å². The van der Waals surface area contributed by atoms with Crippen molar-refractivity contribution in [3.8, 4) is 34.1 Å². The first-order valence-corrected chi connectivity index (χ1v) is 21.5. The summed E-state index contributed by atoms with van der Waals surface area (Å²) in [6.45, 7) is 3.23. The van der Waals surface area contributed by atoms with Gasteiger partial charge in [-0.15, -0.1) is 10.2 Å². The topological polar surface area (TPSA) is 348 Å². The molecule has 0 aliphatic heterocycles. The zero-order chi connectivity index (χ0) is 42.9. The van der Waals surface area contributed by atoms with Crippen LogP contribution in [0.25, 0.3) is 32.7 Å². The van der Waals surface area contributed by atoms with Gasteiger partial charge in [-0.2, -0.15) is 43.9 Å². The number of azo groups is 2. The van der Waals surface area contributed by atoms with Crippen LogP contribution in [0.3, 0.4) is 0 Å². The van der Waals surface area contributed by atoms with Crippen molar-refractivity contribution in [2.45, 2.75) is 33.4 Å². The minimum Gasteiger partial charge on any atom is -0.507 e. The summed E-state index contributed by atoms with van der Waals surface area (Å²) in [5.74, 6) is -3.68. The summed E-state index contributed by atoms with van der Waals surface area (Å²) in [6.07, 6.45) is 0. The summed E-state index contributed by atoms with van der Waals surface area (Å²) in [4.78, 5) is -3.63. The van der Waals surface area contributed by atoms with E-state index >= 15 is 0 Å². The van der Waals surface area contributed by atoms with Crippen LogP contribution in [-0.4, -0.2) is 72.3 Å². The van der Waals surface area contributed by atoms with E-state index in [1.54, 1.807) is 38.1 Å². The van der Waals surface area contributed by atoms with E-state index in [9.17, 15) is 72.3 Å². The number of phenols is 4. The number of benzene rings is 6. The molecular weight excluding hydrogens is 872 g/mol. The first kappa shape index (κ1) is 45.0. The molecule has 0 atom stereocenters. The zero-order valence-electron chi connectivity index (χ0n) is 30.2. The first-order valence-electron chi connectivity index (χ1n) is 15.8. The molecule has 6 aromatic rings. The van der Waals surface area contributed by atoms with Gasteiger partial charge in [-0.25, -0.2) is 0 Å². The number of rotatable bonds is 9. The number of hydrogen-bond acceptors (Lipinski definition) is 16. The number of aromatic hydroxyl groups is 4. The maximum atomic E-state index is 12.2. The minimum atomic E-state index is -5.13. The molecule has 302 valence electrons. The molecule has 0 heterocycles. The van der Waals surface area contributed by atoms with Crippen LogP contribution in [0.2, 0.25) is 0 Å². The number of nitrogens with zero attached hydrogens (tertiary/aromatic N) is 4. The number of phenolic OH excluding ortho intramolecular Hbond substituents is 4. The second-order valence-electron chi connectivity index (χ2n) is 12.5. The van der Waals surface area contributed by atoms with E-state index in [-0.39, 0.29) is 51.7 Å². The van der Waals surface area contributed by atoms with Crippen molar-refractivity contribution < 1.29 is 102 Å². The Balaban J connectivity index is 0.00000661. The molecule has 0 amide bonds. The van der Waals surface area contributed by atoms with Crippen LogP contribution in [-0.2, 0) is 40.5 Å². The van der Waals surface area contributed by atoms with Crippen LogP contribution in [0.1, 0.15) is 11.1 Å². The van der Waals surface area contributed by atoms with Gasteiger partial charge < -0.3 is 20.4 Å². The van der Waals surface area contributed by atoms with Gasteiger partial charge in [-0.3, -0.25) is 18.2 Å². The van der Waals surface area contributed by atoms with Gasteiger partial charge in [0.05, 0.1) is 31.9 Å². The number of fused-ring (bicyclic) bond motifs is 2. The molecule has 0 spiro atoms. The molecule has 0 bridgehead atoms. The summed E-state index contributed by atoms with van der Waals surface area (Å²) in [5.41, 5.74) is 0.869. The molecule has 0 radical (unpaired) electrons. The number of aryl methyl sites for hydroxylation is 2. The molecule has 0 aliphatic rings. The molecule has 25 heteroatoms. The molecule has 0 aliphatic carbocycles. The van der Waals surface area contributed by atoms with Gasteiger partial charge in [0.15, 0.2) is 11.5 Å². The summed E-state index contributed by atoms with van der Waals surface area (Å²) < 4.78 is 134. The fourth-order valence-corrected chi connectivity index (χ4v) is 8.25. The molecule has 20 nitrogen and oxygen atoms in total. The first-order chi connectivity index (χ1) is 26.8. The van der Waals surface area contributed by atoms with E-state index in [0.29, 0.717) is 34.4 Å². The number of hydrogen-bond donors (Lipinski definition) is 8. The van der Waals surface area contributed by atoms with Crippen LogP contribution in [0.15, 0.2) is 113 Å². The van der Waals surface area contributed by atoms with Crippen molar-refractivity contribution in [3.05, 3.63) is 83.9 Å². The van der Waals surface area contributed by atoms with Crippen molar-refractivity contribution in [2.24, 2.45) is 20.5 Å². The Bertz CT molecular complexity index is 3080. The van der Waals surface area contributed by atoms with Crippen LogP contribution >= 0.6 is 0 Å². The van der Waals surface area contributed by atoms with Crippen molar-refractivity contribution in [2.75, 3.05) is 0 Å². The van der Waals surface area contributed by atoms with E-state index in [0.717, 1.165) is 24.3 Å². The standard InChI is InChI=1S/C34H26N4O16S4.Na/c1-15-7-17(3-5-23(15)35-37-31-27(57(49,50)51)11-19-9-21(55(43,44)45)13-25(39)29(19)33(31)41)18-4-6-24(16(2)8-18)36-38-32-28(58(52,53)54)12-20-10-22(56(46,47)48)14-26(40)30(20)34(32)42;/h3-14,39-42H,1-2H3,(H,43,44,45)(H,46,47,48)(H,49,50,51)(H,52,53,54);/q;+1. The third-order valence-corrected chi connectivity index (χ3v) is 12.0. The van der Waals surface area contributed by atoms with Crippen molar-refractivity contribution >= 4 is 84.8 Å². The molecule has 0 aromatic heterocycles. The fourth-order valence-electron chi connectivity index (χ4n) is 5.86. The predicted molar refractivity (Wildman–Crippen MR) is 204 cm³/mol. The quantitative estimate of drug-likeness (QED) is 0.0579. The smallest absolute Gasteiger partial charge is 0.507 e. The van der Waals surface area contributed by atoms with Gasteiger partial charge >= 0.3 is 29.6 Å². The normalized spacial score (nSPS) is 12.8. The van der Waals surface area contributed by atoms with E-state index < -0.39 is 105 Å². The average molecular weight is 898 g/mol. The van der Waals surface area contributed by atoms with Gasteiger partial charge in [-0.05, 0) is 95.4 Å². The molecule has 6 rings (SSSR count). The maximum absolute atomic E-state index is 12.2. The van der Waals surface area contributed by atoms with E-state index in [1.165, 1.54) is 12.1 Å². The molecule has 8 N–H and O–H groups in total. The van der Waals surface area contributed by atoms with E-state index in [4.69, 9.17) is 0 Å². The average Bonchev–Trinajstić information content (AvgIpc) is 3.09. The van der Waals surface area contributed by atoms with E-state index in [1.807, 2.05) is 0 Å². The zero-order valence-corrected chi connectivity index (χ0v) is 35.5. The van der Waals surface area contributed by atoms with Crippen LogP contribution in [0, 0.1) is 13.8 Å². The van der Waals surface area contributed by atoms with Gasteiger partial charge in [0.1, 0.15) is 32.7 Å². The molecule has 59 heavy (non-hydrogen) atoms. The second kappa shape index (κ2) is 15.8. The molecule has 0 fully saturated rings. The fraction of sp³-hybridized carbons (Fsp3) is 0.0588. The minimum absolute atomic E-state index is 0. The van der Waals surface area contributed by atoms with E-state index in [2.05, 4.69) is 20.5 Å². The van der Waals surface area contributed by atoms with Crippen molar-refractivity contribution in [1.82, 2.24) is 0 Å². The van der Waals surface area contributed by atoms with Gasteiger partial charge in [0.25, 0.3) is 40.5 Å². The third-order valence-electron chi connectivity index (χ3n) is 8.60. The second-order valence-corrected chi connectivity index (χ2v) is 18.2. The Hall–Kier alpha value is -5.12. The SMILES string of the molecule is Cc1cc(-c2ccc(N=Nc3c(S(=O)(=O)O)cc4cc(S(=O)(=O)O)cc(O)c4c3O)c(C)c2)ccc1N=Nc1c(S(=O)(=O)O)cc2cc(S(=O)(=O)O)cc(O)c2c1O.[Na+]. The van der Waals surface area contributed by atoms with Gasteiger partial charge in [0, 0.05) is 12.1 Å². The predicted octanol–water partition coefficient (Wildman–Crippen LogP) is 3.92. The summed E-state index contributed by atoms with van der Waals surface area (Å²) in [7, 11) is -20.0. The van der Waals surface area contributed by atoms with Gasteiger partial charge in [-0.1, -0.05) is 12.1 Å². The Morgan fingerprint density at radius 2 is 0.780 bits per heavy atom. The molecule has 0 saturated carbocycles. The van der Waals surface area contributed by atoms with Crippen molar-refractivity contribution in [1.29, 1.82) is 0 Å². The monoisotopic (exact) mass is 897 g/mol. The van der Waals surface area contributed by atoms with Crippen LogP contribution < -0.4 is 29.6 Å². The Morgan fingerprint density at radius 3 is 1.07 bits per heavy atom. The summed E-state index contributed by atoms with van der Waals surface area (Å²) in [6, 6.07) is 13.6. The Kier molecular flexibility index (Phi) is 12.1. The third kappa shape index (κ3) is 9.07. The summed E-state index contributed by atoms with van der Waals surface area (Å²) in [5, 5.41) is 56.6. The largest absolute Gasteiger partial charge is 1.00 e. The van der Waals surface area contributed by atoms with Crippen molar-refractivity contribution in [3.63, 3.8) is 0 Å². The summed E-state index contributed by atoms with van der Waals surface area (Å²) >= 11 is 0. The van der Waals surface area contributed by atoms with Crippen LogP contribution in [0.4, 0.5) is 22.7 Å². The molecule has 0 unspecified atom stereocenters. The van der Waals surface area contributed by atoms with Gasteiger partial charge in [0.2, 0.25) is 0 Å².